The van der Waals surface area contributed by atoms with Crippen molar-refractivity contribution in [3.8, 4) is 11.8 Å². The van der Waals surface area contributed by atoms with E-state index in [1.165, 1.54) is 10.8 Å². The van der Waals surface area contributed by atoms with E-state index in [0.29, 0.717) is 18.0 Å². The molecule has 0 bridgehead atoms. The zero-order valence-corrected chi connectivity index (χ0v) is 20.1. The summed E-state index contributed by atoms with van der Waals surface area (Å²) in [6, 6.07) is 28.9. The molecule has 33 heavy (non-hydrogen) atoms. The Bertz CT molecular complexity index is 1560. The number of rotatable bonds is 5. The molecular weight excluding hydrogens is 521 g/mol. The minimum Gasteiger partial charge on any atom is -0.488 e. The maximum absolute atomic E-state index is 9.73. The molecule has 0 amide bonds. The van der Waals surface area contributed by atoms with Crippen LogP contribution in [-0.4, -0.2) is 9.97 Å². The summed E-state index contributed by atoms with van der Waals surface area (Å²) in [6.07, 6.45) is 1.85. The lowest BCUT2D eigenvalue weighted by molar-refractivity contribution is 0.304. The van der Waals surface area contributed by atoms with Crippen molar-refractivity contribution < 1.29 is 4.74 Å². The highest BCUT2D eigenvalue weighted by molar-refractivity contribution is 14.1. The number of aromatic amines is 1. The number of nitrogens with zero attached hydrogens (tertiary/aromatic N) is 2. The number of nitrogens with one attached hydrogen (secondary N) is 1. The van der Waals surface area contributed by atoms with Gasteiger partial charge in [-0.1, -0.05) is 48.5 Å². The quantitative estimate of drug-likeness (QED) is 0.188. The molecule has 0 aliphatic carbocycles. The number of aromatic nitrogens is 2. The zero-order chi connectivity index (χ0) is 22.8. The van der Waals surface area contributed by atoms with Gasteiger partial charge in [-0.05, 0) is 93.4 Å². The van der Waals surface area contributed by atoms with Gasteiger partial charge < -0.3 is 9.72 Å². The van der Waals surface area contributed by atoms with Gasteiger partial charge >= 0.3 is 0 Å². The number of aryl methyl sites for hydroxylation is 1. The molecule has 0 radical (unpaired) electrons. The van der Waals surface area contributed by atoms with E-state index in [9.17, 15) is 5.26 Å². The molecule has 1 heterocycles. The maximum atomic E-state index is 9.73. The summed E-state index contributed by atoms with van der Waals surface area (Å²) in [5.74, 6) is 1.39. The number of nitriles is 1. The molecule has 160 valence electrons. The molecule has 0 aliphatic heterocycles. The molecule has 4 nitrogen and oxygen atoms in total. The average Bonchev–Trinajstić information content (AvgIpc) is 3.24. The molecule has 0 unspecified atom stereocenters. The Morgan fingerprint density at radius 3 is 2.70 bits per heavy atom. The number of ether oxygens (including phenoxy) is 1. The van der Waals surface area contributed by atoms with E-state index in [1.54, 1.807) is 0 Å². The van der Waals surface area contributed by atoms with E-state index in [4.69, 9.17) is 4.74 Å². The Balaban J connectivity index is 1.35. The predicted octanol–water partition coefficient (Wildman–Crippen LogP) is 7.27. The number of hydrogen-bond donors (Lipinski definition) is 1. The van der Waals surface area contributed by atoms with E-state index in [-0.39, 0.29) is 0 Å². The highest BCUT2D eigenvalue weighted by Crippen LogP contribution is 2.26. The number of hydrogen-bond acceptors (Lipinski definition) is 3. The topological polar surface area (TPSA) is 61.7 Å². The first-order chi connectivity index (χ1) is 16.1. The lowest BCUT2D eigenvalue weighted by atomic mass is 10.1. The normalized spacial score (nSPS) is 11.6. The van der Waals surface area contributed by atoms with Crippen LogP contribution in [0.1, 0.15) is 22.5 Å². The molecular formula is C28H20IN3O. The monoisotopic (exact) mass is 541 g/mol. The first kappa shape index (κ1) is 21.2. The molecule has 5 heteroatoms. The van der Waals surface area contributed by atoms with Crippen molar-refractivity contribution in [2.45, 2.75) is 13.5 Å². The van der Waals surface area contributed by atoms with Gasteiger partial charge in [-0.25, -0.2) is 4.98 Å². The van der Waals surface area contributed by atoms with Crippen LogP contribution in [0.5, 0.6) is 5.75 Å². The van der Waals surface area contributed by atoms with Crippen LogP contribution in [0.15, 0.2) is 78.9 Å². The molecule has 0 saturated heterocycles. The van der Waals surface area contributed by atoms with Crippen LogP contribution < -0.4 is 4.74 Å². The van der Waals surface area contributed by atoms with Gasteiger partial charge in [-0.15, -0.1) is 0 Å². The van der Waals surface area contributed by atoms with Crippen LogP contribution in [0.25, 0.3) is 33.5 Å². The van der Waals surface area contributed by atoms with Gasteiger partial charge in [0.25, 0.3) is 0 Å². The van der Waals surface area contributed by atoms with Gasteiger partial charge in [-0.3, -0.25) is 0 Å². The Kier molecular flexibility index (Phi) is 5.84. The minimum absolute atomic E-state index is 0.490. The fourth-order valence-electron chi connectivity index (χ4n) is 3.78. The third kappa shape index (κ3) is 4.62. The Morgan fingerprint density at radius 1 is 1.03 bits per heavy atom. The highest BCUT2D eigenvalue weighted by Gasteiger charge is 2.09. The van der Waals surface area contributed by atoms with Crippen molar-refractivity contribution in [3.63, 3.8) is 0 Å². The molecule has 1 N–H and O–H groups in total. The number of benzene rings is 4. The van der Waals surface area contributed by atoms with Crippen LogP contribution in [0.3, 0.4) is 0 Å². The lowest BCUT2D eigenvalue weighted by Crippen LogP contribution is -1.97. The average molecular weight is 541 g/mol. The Morgan fingerprint density at radius 2 is 1.88 bits per heavy atom. The first-order valence-corrected chi connectivity index (χ1v) is 11.7. The van der Waals surface area contributed by atoms with Gasteiger partial charge in [0.1, 0.15) is 24.3 Å². The number of allylic oxidation sites excluding steroid dienone is 1. The second kappa shape index (κ2) is 9.08. The number of fused-ring (bicyclic) bond motifs is 2. The van der Waals surface area contributed by atoms with Crippen molar-refractivity contribution in [2.24, 2.45) is 0 Å². The SMILES string of the molecule is Cc1ccc2nc(/C(C#N)=C\c3ccc(OCc4ccc5ccccc5c4)c(I)c3)[nH]c2c1. The standard InChI is InChI=1S/C28H20IN3O/c1-18-6-10-25-26(12-18)32-28(31-25)23(16-30)13-19-8-11-27(24(29)15-19)33-17-20-7-9-21-4-2-3-5-22(21)14-20/h2-15H,17H2,1H3,(H,31,32)/b23-13-. The Hall–Kier alpha value is -3.63. The molecule has 0 fully saturated rings. The molecule has 0 saturated carbocycles. The summed E-state index contributed by atoms with van der Waals surface area (Å²) in [6.45, 7) is 2.53. The lowest BCUT2D eigenvalue weighted by Gasteiger charge is -2.10. The summed E-state index contributed by atoms with van der Waals surface area (Å²) < 4.78 is 7.07. The summed E-state index contributed by atoms with van der Waals surface area (Å²) in [7, 11) is 0. The van der Waals surface area contributed by atoms with Crippen molar-refractivity contribution in [2.75, 3.05) is 0 Å². The van der Waals surface area contributed by atoms with Crippen LogP contribution in [0, 0.1) is 21.8 Å². The summed E-state index contributed by atoms with van der Waals surface area (Å²) in [5.41, 5.74) is 5.46. The smallest absolute Gasteiger partial charge is 0.149 e. The fourth-order valence-corrected chi connectivity index (χ4v) is 4.48. The zero-order valence-electron chi connectivity index (χ0n) is 18.0. The molecule has 0 atom stereocenters. The number of H-pyrrole nitrogens is 1. The van der Waals surface area contributed by atoms with E-state index in [2.05, 4.69) is 69.0 Å². The van der Waals surface area contributed by atoms with E-state index < -0.39 is 0 Å². The van der Waals surface area contributed by atoms with Gasteiger partial charge in [0.2, 0.25) is 0 Å². The summed E-state index contributed by atoms with van der Waals surface area (Å²) in [5, 5.41) is 12.2. The van der Waals surface area contributed by atoms with Crippen molar-refractivity contribution in [1.82, 2.24) is 9.97 Å². The van der Waals surface area contributed by atoms with Crippen molar-refractivity contribution in [3.05, 3.63) is 105 Å². The van der Waals surface area contributed by atoms with Gasteiger partial charge in [0, 0.05) is 0 Å². The van der Waals surface area contributed by atoms with Crippen LogP contribution >= 0.6 is 22.6 Å². The Labute approximate surface area is 205 Å². The second-order valence-corrected chi connectivity index (χ2v) is 9.10. The van der Waals surface area contributed by atoms with Crippen molar-refractivity contribution >= 4 is 56.0 Å². The van der Waals surface area contributed by atoms with Gasteiger partial charge in [-0.2, -0.15) is 5.26 Å². The van der Waals surface area contributed by atoms with Gasteiger partial charge in [0.15, 0.2) is 0 Å². The van der Waals surface area contributed by atoms with Crippen LogP contribution in [0.4, 0.5) is 0 Å². The third-order valence-corrected chi connectivity index (χ3v) is 6.33. The van der Waals surface area contributed by atoms with Crippen molar-refractivity contribution in [1.29, 1.82) is 5.26 Å². The molecule has 0 aliphatic rings. The van der Waals surface area contributed by atoms with E-state index in [0.717, 1.165) is 37.0 Å². The van der Waals surface area contributed by atoms with E-state index in [1.807, 2.05) is 61.5 Å². The first-order valence-electron chi connectivity index (χ1n) is 10.6. The minimum atomic E-state index is 0.490. The maximum Gasteiger partial charge on any atom is 0.149 e. The summed E-state index contributed by atoms with van der Waals surface area (Å²) >= 11 is 2.27. The molecule has 5 rings (SSSR count). The number of halogens is 1. The van der Waals surface area contributed by atoms with Crippen LogP contribution in [-0.2, 0) is 6.61 Å². The van der Waals surface area contributed by atoms with Gasteiger partial charge in [0.05, 0.1) is 20.2 Å². The molecule has 5 aromatic rings. The predicted molar refractivity (Wildman–Crippen MR) is 142 cm³/mol. The fraction of sp³-hybridized carbons (Fsp3) is 0.0714. The largest absolute Gasteiger partial charge is 0.488 e. The molecule has 4 aromatic carbocycles. The summed E-state index contributed by atoms with van der Waals surface area (Å²) in [4.78, 5) is 7.83. The van der Waals surface area contributed by atoms with Crippen LogP contribution in [0.2, 0.25) is 0 Å². The molecule has 0 spiro atoms. The van der Waals surface area contributed by atoms with E-state index >= 15 is 0 Å². The second-order valence-electron chi connectivity index (χ2n) is 7.94. The highest BCUT2D eigenvalue weighted by atomic mass is 127. The number of imidazole rings is 1. The molecule has 1 aromatic heterocycles. The third-order valence-electron chi connectivity index (χ3n) is 5.49.